The fourth-order valence-corrected chi connectivity index (χ4v) is 1.52. The van der Waals surface area contributed by atoms with Crippen LogP contribution in [0.5, 0.6) is 0 Å². The Hall–Kier alpha value is -0.300. The summed E-state index contributed by atoms with van der Waals surface area (Å²) in [4.78, 5) is 0. The van der Waals surface area contributed by atoms with Crippen LogP contribution in [0.3, 0.4) is 0 Å². The predicted octanol–water partition coefficient (Wildman–Crippen LogP) is 4.15. The van der Waals surface area contributed by atoms with Crippen molar-refractivity contribution in [1.82, 2.24) is 5.32 Å². The van der Waals surface area contributed by atoms with E-state index in [2.05, 4.69) is 39.6 Å². The van der Waals surface area contributed by atoms with Crippen LogP contribution in [0.2, 0.25) is 0 Å². The highest BCUT2D eigenvalue weighted by molar-refractivity contribution is 4.97. The largest absolute Gasteiger partial charge is 0.314 e. The number of nitrogens with one attached hydrogen (secondary N) is 1. The van der Waals surface area contributed by atoms with Gasteiger partial charge in [-0.1, -0.05) is 45.8 Å². The van der Waals surface area contributed by atoms with Crippen LogP contribution in [-0.2, 0) is 0 Å². The molecule has 1 atom stereocenters. The zero-order chi connectivity index (χ0) is 11.7. The fraction of sp³-hybridized carbons (Fsp3) is 0.857. The Morgan fingerprint density at radius 2 is 1.87 bits per heavy atom. The van der Waals surface area contributed by atoms with E-state index < -0.39 is 0 Å². The summed E-state index contributed by atoms with van der Waals surface area (Å²) in [6, 6.07) is 0.636. The SMILES string of the molecule is C=C(CCC(C)NCCCCC)C(C)C. The second-order valence-corrected chi connectivity index (χ2v) is 4.91. The summed E-state index contributed by atoms with van der Waals surface area (Å²) >= 11 is 0. The molecule has 0 saturated heterocycles. The Labute approximate surface area is 96.3 Å². The fourth-order valence-electron chi connectivity index (χ4n) is 1.52. The first-order chi connectivity index (χ1) is 7.07. The van der Waals surface area contributed by atoms with E-state index in [0.29, 0.717) is 12.0 Å². The van der Waals surface area contributed by atoms with Gasteiger partial charge in [0, 0.05) is 6.04 Å². The molecule has 0 saturated carbocycles. The highest BCUT2D eigenvalue weighted by atomic mass is 14.9. The van der Waals surface area contributed by atoms with Crippen LogP contribution in [0.25, 0.3) is 0 Å². The van der Waals surface area contributed by atoms with Crippen LogP contribution in [-0.4, -0.2) is 12.6 Å². The van der Waals surface area contributed by atoms with Gasteiger partial charge in [0.15, 0.2) is 0 Å². The second-order valence-electron chi connectivity index (χ2n) is 4.91. The van der Waals surface area contributed by atoms with E-state index in [1.54, 1.807) is 0 Å². The monoisotopic (exact) mass is 211 g/mol. The molecule has 15 heavy (non-hydrogen) atoms. The summed E-state index contributed by atoms with van der Waals surface area (Å²) < 4.78 is 0. The van der Waals surface area contributed by atoms with Crippen molar-refractivity contribution in [3.8, 4) is 0 Å². The van der Waals surface area contributed by atoms with Crippen molar-refractivity contribution >= 4 is 0 Å². The summed E-state index contributed by atoms with van der Waals surface area (Å²) in [6.45, 7) is 14.2. The zero-order valence-corrected chi connectivity index (χ0v) is 11.1. The Balaban J connectivity index is 3.40. The Bertz CT molecular complexity index is 161. The van der Waals surface area contributed by atoms with E-state index >= 15 is 0 Å². The number of hydrogen-bond acceptors (Lipinski definition) is 1. The lowest BCUT2D eigenvalue weighted by molar-refractivity contribution is 0.490. The third-order valence-electron chi connectivity index (χ3n) is 2.99. The van der Waals surface area contributed by atoms with Crippen molar-refractivity contribution in [3.63, 3.8) is 0 Å². The lowest BCUT2D eigenvalue weighted by Crippen LogP contribution is -2.27. The molecule has 0 amide bonds. The minimum absolute atomic E-state index is 0.636. The average molecular weight is 211 g/mol. The van der Waals surface area contributed by atoms with Crippen LogP contribution in [0, 0.1) is 5.92 Å². The van der Waals surface area contributed by atoms with E-state index in [9.17, 15) is 0 Å². The Kier molecular flexibility index (Phi) is 8.79. The van der Waals surface area contributed by atoms with Crippen molar-refractivity contribution in [2.45, 2.75) is 65.8 Å². The standard InChI is InChI=1S/C14H29N/c1-6-7-8-11-15-14(5)10-9-13(4)12(2)3/h12,14-15H,4,6-11H2,1-3,5H3. The maximum Gasteiger partial charge on any atom is 0.00417 e. The van der Waals surface area contributed by atoms with E-state index in [4.69, 9.17) is 0 Å². The molecule has 0 spiro atoms. The number of hydrogen-bond donors (Lipinski definition) is 1. The van der Waals surface area contributed by atoms with Gasteiger partial charge in [0.05, 0.1) is 0 Å². The Morgan fingerprint density at radius 1 is 1.20 bits per heavy atom. The molecule has 0 bridgehead atoms. The molecule has 0 aromatic carbocycles. The number of unbranched alkanes of at least 4 members (excludes halogenated alkanes) is 2. The van der Waals surface area contributed by atoms with Gasteiger partial charge >= 0.3 is 0 Å². The molecular formula is C14H29N. The average Bonchev–Trinajstić information content (AvgIpc) is 2.20. The molecule has 0 aliphatic carbocycles. The highest BCUT2D eigenvalue weighted by Gasteiger charge is 2.04. The van der Waals surface area contributed by atoms with Gasteiger partial charge < -0.3 is 5.32 Å². The maximum absolute atomic E-state index is 4.11. The summed E-state index contributed by atoms with van der Waals surface area (Å²) in [5.41, 5.74) is 1.39. The van der Waals surface area contributed by atoms with Gasteiger partial charge in [0.1, 0.15) is 0 Å². The van der Waals surface area contributed by atoms with Crippen molar-refractivity contribution in [1.29, 1.82) is 0 Å². The first kappa shape index (κ1) is 14.7. The van der Waals surface area contributed by atoms with Crippen LogP contribution >= 0.6 is 0 Å². The first-order valence-electron chi connectivity index (χ1n) is 6.49. The molecule has 1 heteroatoms. The smallest absolute Gasteiger partial charge is 0.00417 e. The molecular weight excluding hydrogens is 182 g/mol. The molecule has 0 aliphatic heterocycles. The summed E-state index contributed by atoms with van der Waals surface area (Å²) in [5, 5.41) is 3.57. The van der Waals surface area contributed by atoms with Crippen molar-refractivity contribution in [2.24, 2.45) is 5.92 Å². The molecule has 0 aromatic rings. The minimum Gasteiger partial charge on any atom is -0.314 e. The summed E-state index contributed by atoms with van der Waals surface area (Å²) in [5.74, 6) is 0.636. The normalized spacial score (nSPS) is 13.1. The molecule has 1 nitrogen and oxygen atoms in total. The van der Waals surface area contributed by atoms with Gasteiger partial charge in [-0.05, 0) is 38.6 Å². The van der Waals surface area contributed by atoms with E-state index in [1.807, 2.05) is 0 Å². The van der Waals surface area contributed by atoms with Crippen molar-refractivity contribution in [3.05, 3.63) is 12.2 Å². The molecule has 0 aliphatic rings. The van der Waals surface area contributed by atoms with Crippen LogP contribution in [0.4, 0.5) is 0 Å². The van der Waals surface area contributed by atoms with Crippen LogP contribution in [0.15, 0.2) is 12.2 Å². The van der Waals surface area contributed by atoms with E-state index in [-0.39, 0.29) is 0 Å². The first-order valence-corrected chi connectivity index (χ1v) is 6.49. The third kappa shape index (κ3) is 8.68. The van der Waals surface area contributed by atoms with Crippen molar-refractivity contribution < 1.29 is 0 Å². The Morgan fingerprint density at radius 3 is 2.40 bits per heavy atom. The molecule has 0 rings (SSSR count). The van der Waals surface area contributed by atoms with Gasteiger partial charge in [-0.3, -0.25) is 0 Å². The van der Waals surface area contributed by atoms with Gasteiger partial charge in [0.2, 0.25) is 0 Å². The molecule has 0 radical (unpaired) electrons. The van der Waals surface area contributed by atoms with Gasteiger partial charge in [-0.2, -0.15) is 0 Å². The van der Waals surface area contributed by atoms with Crippen molar-refractivity contribution in [2.75, 3.05) is 6.54 Å². The van der Waals surface area contributed by atoms with E-state index in [1.165, 1.54) is 44.2 Å². The molecule has 90 valence electrons. The predicted molar refractivity (Wildman–Crippen MR) is 70.2 cm³/mol. The summed E-state index contributed by atoms with van der Waals surface area (Å²) in [6.07, 6.45) is 6.35. The topological polar surface area (TPSA) is 12.0 Å². The van der Waals surface area contributed by atoms with E-state index in [0.717, 1.165) is 0 Å². The quantitative estimate of drug-likeness (QED) is 0.446. The summed E-state index contributed by atoms with van der Waals surface area (Å²) in [7, 11) is 0. The lowest BCUT2D eigenvalue weighted by Gasteiger charge is -2.15. The minimum atomic E-state index is 0.636. The number of rotatable bonds is 9. The maximum atomic E-state index is 4.11. The van der Waals surface area contributed by atoms with Crippen LogP contribution in [0.1, 0.15) is 59.8 Å². The van der Waals surface area contributed by atoms with Gasteiger partial charge in [0.25, 0.3) is 0 Å². The third-order valence-corrected chi connectivity index (χ3v) is 2.99. The molecule has 1 unspecified atom stereocenters. The molecule has 0 fully saturated rings. The van der Waals surface area contributed by atoms with Crippen LogP contribution < -0.4 is 5.32 Å². The lowest BCUT2D eigenvalue weighted by atomic mass is 9.98. The number of allylic oxidation sites excluding steroid dienone is 1. The van der Waals surface area contributed by atoms with Gasteiger partial charge in [-0.25, -0.2) is 0 Å². The molecule has 1 N–H and O–H groups in total. The molecule has 0 aromatic heterocycles. The highest BCUT2D eigenvalue weighted by Crippen LogP contribution is 2.14. The second kappa shape index (κ2) is 8.96. The van der Waals surface area contributed by atoms with Gasteiger partial charge in [-0.15, -0.1) is 0 Å². The zero-order valence-electron chi connectivity index (χ0n) is 11.1. The molecule has 0 heterocycles.